The van der Waals surface area contributed by atoms with E-state index in [-0.39, 0.29) is 5.78 Å². The molecule has 0 spiro atoms. The van der Waals surface area contributed by atoms with Crippen molar-refractivity contribution >= 4 is 5.78 Å². The number of ketones is 1. The molecular weight excluding hydrogens is 217 g/mol. The maximum absolute atomic E-state index is 12.8. The summed E-state index contributed by atoms with van der Waals surface area (Å²) >= 11 is 0. The third-order valence-corrected chi connectivity index (χ3v) is 2.69. The minimum atomic E-state index is -4.35. The number of hydrogen-bond donors (Lipinski definition) is 0. The van der Waals surface area contributed by atoms with Crippen molar-refractivity contribution < 1.29 is 18.0 Å². The zero-order chi connectivity index (χ0) is 12.6. The SMILES string of the molecule is CC(=O)C1=C(C)C=CC(C)(C(F)(F)F)C=C1. The highest BCUT2D eigenvalue weighted by Gasteiger charge is 2.47. The first-order chi connectivity index (χ1) is 7.17. The molecule has 0 heterocycles. The maximum Gasteiger partial charge on any atom is 0.400 e. The molecule has 0 saturated carbocycles. The lowest BCUT2D eigenvalue weighted by molar-refractivity contribution is -0.183. The van der Waals surface area contributed by atoms with Crippen LogP contribution in [0.5, 0.6) is 0 Å². The standard InChI is InChI=1S/C12H13F3O/c1-8-4-6-11(3,12(13,14)15)7-5-10(8)9(2)16/h4-7H,1-3H3. The van der Waals surface area contributed by atoms with Crippen LogP contribution in [0.4, 0.5) is 13.2 Å². The number of carbonyl (C=O) groups excluding carboxylic acids is 1. The Hall–Kier alpha value is -1.32. The number of rotatable bonds is 1. The van der Waals surface area contributed by atoms with E-state index in [1.807, 2.05) is 0 Å². The van der Waals surface area contributed by atoms with Crippen LogP contribution >= 0.6 is 0 Å². The summed E-state index contributed by atoms with van der Waals surface area (Å²) < 4.78 is 38.3. The average Bonchev–Trinajstić information content (AvgIpc) is 2.26. The van der Waals surface area contributed by atoms with Gasteiger partial charge in [0.05, 0.1) is 5.41 Å². The number of Topliss-reactive ketones (excluding diaryl/α,β-unsaturated/α-hetero) is 1. The predicted octanol–water partition coefficient (Wildman–Crippen LogP) is 3.59. The first kappa shape index (κ1) is 12.7. The van der Waals surface area contributed by atoms with Crippen molar-refractivity contribution in [2.24, 2.45) is 5.41 Å². The first-order valence-corrected chi connectivity index (χ1v) is 4.84. The molecule has 0 bridgehead atoms. The fraction of sp³-hybridized carbons (Fsp3) is 0.417. The highest BCUT2D eigenvalue weighted by molar-refractivity contribution is 5.97. The number of alkyl halides is 3. The highest BCUT2D eigenvalue weighted by atomic mass is 19.4. The minimum absolute atomic E-state index is 0.232. The summed E-state index contributed by atoms with van der Waals surface area (Å²) in [5.41, 5.74) is -1.13. The molecule has 1 unspecified atom stereocenters. The molecule has 4 heteroatoms. The van der Waals surface area contributed by atoms with Gasteiger partial charge in [-0.3, -0.25) is 4.79 Å². The van der Waals surface area contributed by atoms with E-state index < -0.39 is 11.6 Å². The van der Waals surface area contributed by atoms with E-state index in [2.05, 4.69) is 0 Å². The van der Waals surface area contributed by atoms with Gasteiger partial charge in [0.1, 0.15) is 0 Å². The number of carbonyl (C=O) groups is 1. The average molecular weight is 230 g/mol. The molecule has 0 N–H and O–H groups in total. The van der Waals surface area contributed by atoms with Crippen molar-refractivity contribution in [3.05, 3.63) is 35.5 Å². The van der Waals surface area contributed by atoms with Gasteiger partial charge in [0.2, 0.25) is 0 Å². The highest BCUT2D eigenvalue weighted by Crippen LogP contribution is 2.42. The minimum Gasteiger partial charge on any atom is -0.295 e. The molecular formula is C12H13F3O. The molecule has 0 saturated heterocycles. The Morgan fingerprint density at radius 3 is 2.19 bits per heavy atom. The largest absolute Gasteiger partial charge is 0.400 e. The van der Waals surface area contributed by atoms with Crippen molar-refractivity contribution in [1.82, 2.24) is 0 Å². The van der Waals surface area contributed by atoms with Crippen LogP contribution in [0.1, 0.15) is 20.8 Å². The van der Waals surface area contributed by atoms with Gasteiger partial charge in [-0.05, 0) is 26.3 Å². The zero-order valence-electron chi connectivity index (χ0n) is 9.35. The van der Waals surface area contributed by atoms with Gasteiger partial charge in [-0.25, -0.2) is 0 Å². The van der Waals surface area contributed by atoms with Gasteiger partial charge in [0.15, 0.2) is 5.78 Å². The summed E-state index contributed by atoms with van der Waals surface area (Å²) in [5, 5.41) is 0. The van der Waals surface area contributed by atoms with Gasteiger partial charge >= 0.3 is 6.18 Å². The van der Waals surface area contributed by atoms with Crippen LogP contribution in [-0.4, -0.2) is 12.0 Å². The summed E-state index contributed by atoms with van der Waals surface area (Å²) in [4.78, 5) is 11.2. The molecule has 1 atom stereocenters. The topological polar surface area (TPSA) is 17.1 Å². The molecule has 0 aromatic rings. The van der Waals surface area contributed by atoms with Crippen molar-refractivity contribution in [3.63, 3.8) is 0 Å². The summed E-state index contributed by atoms with van der Waals surface area (Å²) in [7, 11) is 0. The third kappa shape index (κ3) is 2.26. The Morgan fingerprint density at radius 2 is 1.75 bits per heavy atom. The maximum atomic E-state index is 12.8. The lowest BCUT2D eigenvalue weighted by Crippen LogP contribution is -2.31. The third-order valence-electron chi connectivity index (χ3n) is 2.69. The fourth-order valence-corrected chi connectivity index (χ4v) is 1.42. The summed E-state index contributed by atoms with van der Waals surface area (Å²) in [6.07, 6.45) is 0.355. The van der Waals surface area contributed by atoms with E-state index in [4.69, 9.17) is 0 Å². The normalized spacial score (nSPS) is 25.9. The van der Waals surface area contributed by atoms with Gasteiger partial charge in [0, 0.05) is 5.57 Å². The van der Waals surface area contributed by atoms with Crippen LogP contribution in [0.15, 0.2) is 35.5 Å². The Bertz CT molecular complexity index is 399. The van der Waals surface area contributed by atoms with E-state index >= 15 is 0 Å². The van der Waals surface area contributed by atoms with Gasteiger partial charge in [-0.2, -0.15) is 13.2 Å². The Morgan fingerprint density at radius 1 is 1.25 bits per heavy atom. The van der Waals surface area contributed by atoms with Crippen LogP contribution in [0.2, 0.25) is 0 Å². The number of allylic oxidation sites excluding steroid dienone is 6. The Labute approximate surface area is 92.3 Å². The van der Waals surface area contributed by atoms with Crippen LogP contribution in [0, 0.1) is 5.41 Å². The number of halogens is 3. The van der Waals surface area contributed by atoms with Crippen molar-refractivity contribution in [3.8, 4) is 0 Å². The molecule has 88 valence electrons. The molecule has 1 aliphatic carbocycles. The van der Waals surface area contributed by atoms with Crippen LogP contribution < -0.4 is 0 Å². The van der Waals surface area contributed by atoms with E-state index in [0.717, 1.165) is 19.1 Å². The van der Waals surface area contributed by atoms with Crippen molar-refractivity contribution in [2.75, 3.05) is 0 Å². The fourth-order valence-electron chi connectivity index (χ4n) is 1.42. The second-order valence-corrected chi connectivity index (χ2v) is 4.10. The van der Waals surface area contributed by atoms with Gasteiger partial charge in [-0.15, -0.1) is 0 Å². The van der Waals surface area contributed by atoms with Crippen molar-refractivity contribution in [1.29, 1.82) is 0 Å². The second kappa shape index (κ2) is 3.92. The Kier molecular flexibility index (Phi) is 3.13. The van der Waals surface area contributed by atoms with Crippen molar-refractivity contribution in [2.45, 2.75) is 26.9 Å². The predicted molar refractivity (Wildman–Crippen MR) is 55.8 cm³/mol. The summed E-state index contributed by atoms with van der Waals surface area (Å²) in [6, 6.07) is 0. The molecule has 1 rings (SSSR count). The first-order valence-electron chi connectivity index (χ1n) is 4.84. The smallest absolute Gasteiger partial charge is 0.295 e. The number of hydrogen-bond acceptors (Lipinski definition) is 1. The quantitative estimate of drug-likeness (QED) is 0.672. The van der Waals surface area contributed by atoms with Crippen LogP contribution in [0.25, 0.3) is 0 Å². The van der Waals surface area contributed by atoms with Gasteiger partial charge in [-0.1, -0.05) is 24.3 Å². The molecule has 0 amide bonds. The summed E-state index contributed by atoms with van der Waals surface area (Å²) in [6.45, 7) is 4.04. The second-order valence-electron chi connectivity index (χ2n) is 4.10. The van der Waals surface area contributed by atoms with Crippen LogP contribution in [0.3, 0.4) is 0 Å². The van der Waals surface area contributed by atoms with E-state index in [1.165, 1.54) is 19.1 Å². The van der Waals surface area contributed by atoms with Crippen LogP contribution in [-0.2, 0) is 4.79 Å². The molecule has 0 aromatic heterocycles. The molecule has 0 fully saturated rings. The molecule has 16 heavy (non-hydrogen) atoms. The molecule has 0 radical (unpaired) electrons. The molecule has 0 aromatic carbocycles. The lowest BCUT2D eigenvalue weighted by atomic mass is 9.89. The molecule has 0 aliphatic heterocycles. The Balaban J connectivity index is 3.21. The molecule has 1 aliphatic rings. The van der Waals surface area contributed by atoms with E-state index in [0.29, 0.717) is 11.1 Å². The van der Waals surface area contributed by atoms with Gasteiger partial charge in [0.25, 0.3) is 0 Å². The summed E-state index contributed by atoms with van der Waals surface area (Å²) in [5.74, 6) is -0.232. The zero-order valence-corrected chi connectivity index (χ0v) is 9.35. The monoisotopic (exact) mass is 230 g/mol. The lowest BCUT2D eigenvalue weighted by Gasteiger charge is -2.24. The van der Waals surface area contributed by atoms with E-state index in [9.17, 15) is 18.0 Å². The molecule has 1 nitrogen and oxygen atoms in total. The van der Waals surface area contributed by atoms with Gasteiger partial charge < -0.3 is 0 Å². The van der Waals surface area contributed by atoms with E-state index in [1.54, 1.807) is 6.92 Å².